The van der Waals surface area contributed by atoms with Crippen molar-refractivity contribution in [3.63, 3.8) is 0 Å². The number of alkyl halides is 3. The number of amides is 1. The highest BCUT2D eigenvalue weighted by Gasteiger charge is 2.33. The monoisotopic (exact) mass is 403 g/mol. The number of carbonyl (C=O) groups excluding carboxylic acids is 1. The van der Waals surface area contributed by atoms with Gasteiger partial charge in [0.25, 0.3) is 5.91 Å². The van der Waals surface area contributed by atoms with E-state index in [9.17, 15) is 18.0 Å². The molecule has 0 radical (unpaired) electrons. The van der Waals surface area contributed by atoms with E-state index in [0.717, 1.165) is 6.07 Å². The van der Waals surface area contributed by atoms with Crippen molar-refractivity contribution in [2.24, 2.45) is 4.99 Å². The van der Waals surface area contributed by atoms with Gasteiger partial charge in [-0.05, 0) is 23.8 Å². The number of aromatic nitrogens is 1. The van der Waals surface area contributed by atoms with Gasteiger partial charge < -0.3 is 4.90 Å². The third-order valence-electron chi connectivity index (χ3n) is 3.34. The number of nitrogens with zero attached hydrogens (tertiary/aromatic N) is 3. The first-order chi connectivity index (χ1) is 12.1. The summed E-state index contributed by atoms with van der Waals surface area (Å²) >= 11 is 11.9. The Balaban J connectivity index is 2.53. The fourth-order valence-corrected chi connectivity index (χ4v) is 2.54. The summed E-state index contributed by atoms with van der Waals surface area (Å²) in [5, 5.41) is 0.177. The van der Waals surface area contributed by atoms with E-state index in [1.165, 1.54) is 6.34 Å². The molecule has 0 fully saturated rings. The van der Waals surface area contributed by atoms with Crippen molar-refractivity contribution in [1.29, 1.82) is 0 Å². The molecular weight excluding hydrogens is 390 g/mol. The molecule has 2 aromatic rings. The maximum absolute atomic E-state index is 12.8. The van der Waals surface area contributed by atoms with Crippen LogP contribution in [0.1, 0.15) is 22.7 Å². The molecule has 2 rings (SSSR count). The van der Waals surface area contributed by atoms with Gasteiger partial charge in [0.2, 0.25) is 0 Å². The lowest BCUT2D eigenvalue weighted by molar-refractivity contribution is -0.137. The van der Waals surface area contributed by atoms with Crippen LogP contribution in [-0.2, 0) is 11.0 Å². The summed E-state index contributed by atoms with van der Waals surface area (Å²) in [7, 11) is 3.36. The summed E-state index contributed by atoms with van der Waals surface area (Å²) in [6.07, 6.45) is -2.64. The van der Waals surface area contributed by atoms with Crippen LogP contribution in [0.5, 0.6) is 0 Å². The van der Waals surface area contributed by atoms with Gasteiger partial charge >= 0.3 is 6.18 Å². The SMILES string of the molecule is CN(C)C=NC(=O)[C@@H](c1ccc(Cl)cc1)c1ncc(C(F)(F)F)cc1Cl. The highest BCUT2D eigenvalue weighted by Crippen LogP contribution is 2.35. The Hall–Kier alpha value is -2.12. The molecule has 0 aliphatic carbocycles. The Bertz CT molecular complexity index is 821. The first kappa shape index (κ1) is 20.2. The largest absolute Gasteiger partial charge is 0.417 e. The summed E-state index contributed by atoms with van der Waals surface area (Å²) in [4.78, 5) is 21.8. The van der Waals surface area contributed by atoms with Crippen molar-refractivity contribution in [2.75, 3.05) is 14.1 Å². The van der Waals surface area contributed by atoms with Gasteiger partial charge in [-0.3, -0.25) is 9.78 Å². The van der Waals surface area contributed by atoms with Crippen molar-refractivity contribution in [3.8, 4) is 0 Å². The van der Waals surface area contributed by atoms with E-state index in [2.05, 4.69) is 9.98 Å². The summed E-state index contributed by atoms with van der Waals surface area (Å²) in [5.41, 5.74) is -0.544. The second kappa shape index (κ2) is 8.05. The number of rotatable bonds is 4. The van der Waals surface area contributed by atoms with Crippen molar-refractivity contribution < 1.29 is 18.0 Å². The van der Waals surface area contributed by atoms with E-state index in [1.54, 1.807) is 43.3 Å². The summed E-state index contributed by atoms with van der Waals surface area (Å²) in [6.45, 7) is 0. The lowest BCUT2D eigenvalue weighted by Crippen LogP contribution is -2.18. The summed E-state index contributed by atoms with van der Waals surface area (Å²) in [6, 6.07) is 7.02. The smallest absolute Gasteiger partial charge is 0.369 e. The molecule has 26 heavy (non-hydrogen) atoms. The molecule has 0 saturated heterocycles. The average molecular weight is 404 g/mol. The number of pyridine rings is 1. The second-order valence-corrected chi connectivity index (χ2v) is 6.46. The number of aliphatic imine (C=N–C) groups is 1. The van der Waals surface area contributed by atoms with Crippen molar-refractivity contribution >= 4 is 35.4 Å². The van der Waals surface area contributed by atoms with Gasteiger partial charge in [0, 0.05) is 25.3 Å². The van der Waals surface area contributed by atoms with E-state index in [4.69, 9.17) is 23.2 Å². The lowest BCUT2D eigenvalue weighted by atomic mass is 9.94. The van der Waals surface area contributed by atoms with Crippen LogP contribution in [0.2, 0.25) is 10.0 Å². The fourth-order valence-electron chi connectivity index (χ4n) is 2.14. The highest BCUT2D eigenvalue weighted by molar-refractivity contribution is 6.31. The van der Waals surface area contributed by atoms with Crippen molar-refractivity contribution in [2.45, 2.75) is 12.1 Å². The molecule has 1 atom stereocenters. The Morgan fingerprint density at radius 2 is 1.85 bits per heavy atom. The van der Waals surface area contributed by atoms with Gasteiger partial charge in [-0.2, -0.15) is 13.2 Å². The predicted octanol–water partition coefficient (Wildman–Crippen LogP) is 4.66. The van der Waals surface area contributed by atoms with E-state index >= 15 is 0 Å². The Kier molecular flexibility index (Phi) is 6.26. The van der Waals surface area contributed by atoms with E-state index in [0.29, 0.717) is 16.8 Å². The summed E-state index contributed by atoms with van der Waals surface area (Å²) < 4.78 is 38.5. The van der Waals surface area contributed by atoms with E-state index < -0.39 is 23.6 Å². The first-order valence-corrected chi connectivity index (χ1v) is 8.07. The van der Waals surface area contributed by atoms with Gasteiger partial charge in [-0.15, -0.1) is 0 Å². The third kappa shape index (κ3) is 4.95. The first-order valence-electron chi connectivity index (χ1n) is 7.32. The quantitative estimate of drug-likeness (QED) is 0.550. The molecule has 0 aliphatic rings. The molecule has 0 aliphatic heterocycles. The van der Waals surface area contributed by atoms with Crippen LogP contribution in [0.3, 0.4) is 0 Å². The highest BCUT2D eigenvalue weighted by atomic mass is 35.5. The number of halogens is 5. The van der Waals surface area contributed by atoms with Crippen LogP contribution in [0, 0.1) is 0 Å². The number of benzene rings is 1. The van der Waals surface area contributed by atoms with Crippen LogP contribution in [0.4, 0.5) is 13.2 Å². The molecular formula is C17H14Cl2F3N3O. The minimum atomic E-state index is -4.59. The van der Waals surface area contributed by atoms with Gasteiger partial charge in [-0.25, -0.2) is 4.99 Å². The van der Waals surface area contributed by atoms with Crippen LogP contribution in [-0.4, -0.2) is 36.2 Å². The molecule has 1 amide bonds. The van der Waals surface area contributed by atoms with Gasteiger partial charge in [0.05, 0.1) is 22.6 Å². The van der Waals surface area contributed by atoms with E-state index in [1.807, 2.05) is 0 Å². The molecule has 0 N–H and O–H groups in total. The molecule has 4 nitrogen and oxygen atoms in total. The van der Waals surface area contributed by atoms with Crippen molar-refractivity contribution in [1.82, 2.24) is 9.88 Å². The zero-order valence-electron chi connectivity index (χ0n) is 13.8. The Morgan fingerprint density at radius 1 is 1.23 bits per heavy atom. The topological polar surface area (TPSA) is 45.6 Å². The second-order valence-electron chi connectivity index (χ2n) is 5.62. The van der Waals surface area contributed by atoms with Crippen LogP contribution < -0.4 is 0 Å². The normalized spacial score (nSPS) is 13.0. The zero-order valence-corrected chi connectivity index (χ0v) is 15.3. The number of hydrogen-bond donors (Lipinski definition) is 0. The maximum Gasteiger partial charge on any atom is 0.417 e. The molecule has 0 unspecified atom stereocenters. The summed E-state index contributed by atoms with van der Waals surface area (Å²) in [5.74, 6) is -1.67. The molecule has 138 valence electrons. The zero-order chi connectivity index (χ0) is 19.5. The van der Waals surface area contributed by atoms with Gasteiger partial charge in [-0.1, -0.05) is 35.3 Å². The molecule has 1 aromatic heterocycles. The molecule has 0 bridgehead atoms. The maximum atomic E-state index is 12.8. The molecule has 0 spiro atoms. The predicted molar refractivity (Wildman–Crippen MR) is 94.7 cm³/mol. The number of carbonyl (C=O) groups is 1. The van der Waals surface area contributed by atoms with Crippen LogP contribution in [0.15, 0.2) is 41.5 Å². The lowest BCUT2D eigenvalue weighted by Gasteiger charge is -2.17. The van der Waals surface area contributed by atoms with Gasteiger partial charge in [0.1, 0.15) is 5.92 Å². The third-order valence-corrected chi connectivity index (χ3v) is 3.89. The van der Waals surface area contributed by atoms with E-state index in [-0.39, 0.29) is 10.7 Å². The average Bonchev–Trinajstić information content (AvgIpc) is 2.55. The Morgan fingerprint density at radius 3 is 2.35 bits per heavy atom. The standard InChI is InChI=1S/C17H14Cl2F3N3O/c1-25(2)9-24-16(26)14(10-3-5-12(18)6-4-10)15-13(19)7-11(8-23-15)17(20,21)22/h3-9,14H,1-2H3/t14-/m0/s1. The van der Waals surface area contributed by atoms with Crippen LogP contribution >= 0.6 is 23.2 Å². The molecule has 0 saturated carbocycles. The molecule has 1 aromatic carbocycles. The molecule has 1 heterocycles. The number of hydrogen-bond acceptors (Lipinski definition) is 2. The van der Waals surface area contributed by atoms with Crippen LogP contribution in [0.25, 0.3) is 0 Å². The molecule has 9 heteroatoms. The van der Waals surface area contributed by atoms with Crippen molar-refractivity contribution in [3.05, 3.63) is 63.4 Å². The van der Waals surface area contributed by atoms with Gasteiger partial charge in [0.15, 0.2) is 0 Å². The minimum Gasteiger partial charge on any atom is -0.369 e. The minimum absolute atomic E-state index is 0.0112. The Labute approximate surface area is 158 Å². The fraction of sp³-hybridized carbons (Fsp3) is 0.235.